The lowest BCUT2D eigenvalue weighted by atomic mass is 10.2. The lowest BCUT2D eigenvalue weighted by Gasteiger charge is -2.01. The molecule has 3 rings (SSSR count). The largest absolute Gasteiger partial charge is 0.245 e. The van der Waals surface area contributed by atoms with E-state index in [0.29, 0.717) is 15.2 Å². The van der Waals surface area contributed by atoms with Crippen LogP contribution in [0.2, 0.25) is 15.2 Å². The summed E-state index contributed by atoms with van der Waals surface area (Å²) in [4.78, 5) is 8.55. The minimum atomic E-state index is 0.448. The van der Waals surface area contributed by atoms with Gasteiger partial charge >= 0.3 is 0 Å². The predicted octanol–water partition coefficient (Wildman–Crippen LogP) is 5.83. The molecule has 0 N–H and O–H groups in total. The smallest absolute Gasteiger partial charge is 0.129 e. The van der Waals surface area contributed by atoms with Gasteiger partial charge < -0.3 is 0 Å². The molecule has 0 bridgehead atoms. The number of hydrogen-bond donors (Lipinski definition) is 0. The van der Waals surface area contributed by atoms with Crippen molar-refractivity contribution in [3.05, 3.63) is 57.1 Å². The molecule has 0 spiro atoms. The maximum atomic E-state index is 6.19. The van der Waals surface area contributed by atoms with Crippen LogP contribution in [0.15, 0.2) is 41.9 Å². The molecule has 6 heteroatoms. The van der Waals surface area contributed by atoms with Crippen LogP contribution in [0.5, 0.6) is 0 Å². The molecule has 1 aromatic carbocycles. The van der Waals surface area contributed by atoms with Crippen LogP contribution in [0, 0.1) is 0 Å². The van der Waals surface area contributed by atoms with Crippen LogP contribution >= 0.6 is 46.1 Å². The molecule has 0 unspecified atom stereocenters. The normalized spacial score (nSPS) is 10.8. The van der Waals surface area contributed by atoms with Gasteiger partial charge in [0.05, 0.1) is 10.7 Å². The fourth-order valence-corrected chi connectivity index (χ4v) is 3.26. The summed E-state index contributed by atoms with van der Waals surface area (Å²) in [5.74, 6) is 0. The summed E-state index contributed by atoms with van der Waals surface area (Å²) in [6.45, 7) is 0. The highest BCUT2D eigenvalue weighted by atomic mass is 35.5. The van der Waals surface area contributed by atoms with Crippen molar-refractivity contribution in [3.63, 3.8) is 0 Å². The first kappa shape index (κ1) is 13.8. The van der Waals surface area contributed by atoms with Gasteiger partial charge in [-0.15, -0.1) is 11.3 Å². The van der Waals surface area contributed by atoms with Crippen molar-refractivity contribution in [1.82, 2.24) is 9.97 Å². The number of benzene rings is 1. The molecule has 2 aromatic heterocycles. The van der Waals surface area contributed by atoms with Crippen LogP contribution < -0.4 is 0 Å². The van der Waals surface area contributed by atoms with Crippen molar-refractivity contribution >= 4 is 46.1 Å². The zero-order chi connectivity index (χ0) is 14.1. The first-order valence-electron chi connectivity index (χ1n) is 5.66. The third-order valence-electron chi connectivity index (χ3n) is 2.68. The zero-order valence-corrected chi connectivity index (χ0v) is 13.1. The van der Waals surface area contributed by atoms with Gasteiger partial charge in [0.1, 0.15) is 10.2 Å². The molecule has 0 amide bonds. The van der Waals surface area contributed by atoms with E-state index in [0.717, 1.165) is 21.8 Å². The summed E-state index contributed by atoms with van der Waals surface area (Å²) < 4.78 is 0. The summed E-state index contributed by atoms with van der Waals surface area (Å²) >= 11 is 19.5. The van der Waals surface area contributed by atoms with Crippen molar-refractivity contribution in [2.75, 3.05) is 0 Å². The van der Waals surface area contributed by atoms with Crippen molar-refractivity contribution in [2.45, 2.75) is 0 Å². The average Bonchev–Trinajstić information content (AvgIpc) is 2.88. The van der Waals surface area contributed by atoms with Crippen molar-refractivity contribution in [2.24, 2.45) is 0 Å². The molecule has 2 heterocycles. The molecule has 0 saturated heterocycles. The second-order valence-electron chi connectivity index (χ2n) is 4.03. The third kappa shape index (κ3) is 2.81. The summed E-state index contributed by atoms with van der Waals surface area (Å²) in [6, 6.07) is 9.03. The Morgan fingerprint density at radius 3 is 2.60 bits per heavy atom. The molecular weight excluding hydrogens is 335 g/mol. The van der Waals surface area contributed by atoms with Crippen molar-refractivity contribution < 1.29 is 0 Å². The van der Waals surface area contributed by atoms with Crippen LogP contribution in [-0.4, -0.2) is 9.97 Å². The maximum absolute atomic E-state index is 6.19. The van der Waals surface area contributed by atoms with Gasteiger partial charge in [0.25, 0.3) is 0 Å². The van der Waals surface area contributed by atoms with Gasteiger partial charge in [-0.2, -0.15) is 0 Å². The van der Waals surface area contributed by atoms with E-state index in [1.165, 1.54) is 11.3 Å². The second kappa shape index (κ2) is 5.70. The topological polar surface area (TPSA) is 25.8 Å². The Bertz CT molecular complexity index is 771. The summed E-state index contributed by atoms with van der Waals surface area (Å²) in [5, 5.41) is 4.47. The molecule has 0 radical (unpaired) electrons. The van der Waals surface area contributed by atoms with E-state index < -0.39 is 0 Å². The molecule has 0 aliphatic carbocycles. The van der Waals surface area contributed by atoms with Crippen LogP contribution in [-0.2, 0) is 0 Å². The van der Waals surface area contributed by atoms with Gasteiger partial charge in [0.2, 0.25) is 0 Å². The Labute approximate surface area is 135 Å². The van der Waals surface area contributed by atoms with Crippen molar-refractivity contribution in [3.8, 4) is 21.8 Å². The minimum Gasteiger partial charge on any atom is -0.245 e. The Morgan fingerprint density at radius 1 is 1.00 bits per heavy atom. The van der Waals surface area contributed by atoms with E-state index in [4.69, 9.17) is 34.8 Å². The van der Waals surface area contributed by atoms with Gasteiger partial charge in [0.15, 0.2) is 0 Å². The lowest BCUT2D eigenvalue weighted by molar-refractivity contribution is 1.32. The van der Waals surface area contributed by atoms with E-state index in [-0.39, 0.29) is 0 Å². The monoisotopic (exact) mass is 340 g/mol. The van der Waals surface area contributed by atoms with Gasteiger partial charge in [-0.05, 0) is 30.3 Å². The van der Waals surface area contributed by atoms with E-state index in [2.05, 4.69) is 9.97 Å². The number of thiazole rings is 1. The lowest BCUT2D eigenvalue weighted by Crippen LogP contribution is -1.82. The highest BCUT2D eigenvalue weighted by Gasteiger charge is 2.10. The van der Waals surface area contributed by atoms with Gasteiger partial charge in [0, 0.05) is 27.7 Å². The van der Waals surface area contributed by atoms with E-state index >= 15 is 0 Å². The first-order valence-corrected chi connectivity index (χ1v) is 7.68. The molecule has 2 nitrogen and oxygen atoms in total. The molecule has 20 heavy (non-hydrogen) atoms. The van der Waals surface area contributed by atoms with Crippen LogP contribution in [0.4, 0.5) is 0 Å². The van der Waals surface area contributed by atoms with Gasteiger partial charge in [-0.3, -0.25) is 0 Å². The van der Waals surface area contributed by atoms with E-state index in [1.807, 2.05) is 17.5 Å². The molecule has 3 aromatic rings. The standard InChI is InChI=1S/C14H7Cl3N2S/c15-9-1-2-10(11(16)6-9)12-7-20-14(19-12)8-3-4-18-13(17)5-8/h1-7H. The predicted molar refractivity (Wildman–Crippen MR) is 85.8 cm³/mol. The molecular formula is C14H7Cl3N2S. The summed E-state index contributed by atoms with van der Waals surface area (Å²) in [6.07, 6.45) is 1.66. The zero-order valence-electron chi connectivity index (χ0n) is 9.98. The molecule has 0 fully saturated rings. The molecule has 0 aliphatic heterocycles. The molecule has 0 saturated carbocycles. The number of pyridine rings is 1. The molecule has 100 valence electrons. The number of nitrogens with zero attached hydrogens (tertiary/aromatic N) is 2. The molecule has 0 aliphatic rings. The first-order chi connectivity index (χ1) is 9.63. The highest BCUT2D eigenvalue weighted by molar-refractivity contribution is 7.13. The van der Waals surface area contributed by atoms with Crippen LogP contribution in [0.1, 0.15) is 0 Å². The Hall–Kier alpha value is -1.13. The maximum Gasteiger partial charge on any atom is 0.129 e. The van der Waals surface area contributed by atoms with Gasteiger partial charge in [-0.25, -0.2) is 9.97 Å². The van der Waals surface area contributed by atoms with E-state index in [1.54, 1.807) is 24.4 Å². The number of hydrogen-bond acceptors (Lipinski definition) is 3. The number of rotatable bonds is 2. The fourth-order valence-electron chi connectivity index (χ4n) is 1.76. The van der Waals surface area contributed by atoms with Crippen LogP contribution in [0.3, 0.4) is 0 Å². The summed E-state index contributed by atoms with van der Waals surface area (Å²) in [5.41, 5.74) is 2.62. The van der Waals surface area contributed by atoms with Gasteiger partial charge in [-0.1, -0.05) is 34.8 Å². The van der Waals surface area contributed by atoms with E-state index in [9.17, 15) is 0 Å². The quantitative estimate of drug-likeness (QED) is 0.548. The SMILES string of the molecule is Clc1ccc(-c2csc(-c3ccnc(Cl)c3)n2)c(Cl)c1. The summed E-state index contributed by atoms with van der Waals surface area (Å²) in [7, 11) is 0. The fraction of sp³-hybridized carbons (Fsp3) is 0. The van der Waals surface area contributed by atoms with Crippen molar-refractivity contribution in [1.29, 1.82) is 0 Å². The molecule has 0 atom stereocenters. The highest BCUT2D eigenvalue weighted by Crippen LogP contribution is 2.34. The number of aromatic nitrogens is 2. The Morgan fingerprint density at radius 2 is 1.85 bits per heavy atom. The second-order valence-corrected chi connectivity index (χ2v) is 6.12. The average molecular weight is 342 g/mol. The Balaban J connectivity index is 2.02. The minimum absolute atomic E-state index is 0.448. The number of halogens is 3. The van der Waals surface area contributed by atoms with Crippen LogP contribution in [0.25, 0.3) is 21.8 Å². The third-order valence-corrected chi connectivity index (χ3v) is 4.33. The Kier molecular flexibility index (Phi) is 3.94.